The SMILES string of the molecule is COc1ccc(-c2cc3c(cc2[C@]2(C)CCNC[C@@H]2C)N2C(=CNC(=O)N2C)CO3)c(F)c1. The molecule has 174 valence electrons. The van der Waals surface area contributed by atoms with Crippen LogP contribution in [0.1, 0.15) is 25.8 Å². The topological polar surface area (TPSA) is 66.1 Å². The Bertz CT molecular complexity index is 1150. The molecule has 1 saturated heterocycles. The van der Waals surface area contributed by atoms with Gasteiger partial charge in [0.2, 0.25) is 0 Å². The number of benzene rings is 2. The summed E-state index contributed by atoms with van der Waals surface area (Å²) in [7, 11) is 3.25. The van der Waals surface area contributed by atoms with E-state index in [0.29, 0.717) is 29.6 Å². The lowest BCUT2D eigenvalue weighted by Gasteiger charge is -2.45. The van der Waals surface area contributed by atoms with Gasteiger partial charge in [0.25, 0.3) is 0 Å². The van der Waals surface area contributed by atoms with Crippen molar-refractivity contribution in [2.75, 3.05) is 38.9 Å². The lowest BCUT2D eigenvalue weighted by atomic mass is 9.66. The molecular weight excluding hydrogens is 423 g/mol. The summed E-state index contributed by atoms with van der Waals surface area (Å²) in [5.74, 6) is 1.08. The first-order valence-corrected chi connectivity index (χ1v) is 11.2. The van der Waals surface area contributed by atoms with Crippen LogP contribution in [0.5, 0.6) is 11.5 Å². The summed E-state index contributed by atoms with van der Waals surface area (Å²) < 4.78 is 26.6. The Labute approximate surface area is 193 Å². The number of fused-ring (bicyclic) bond motifs is 3. The number of nitrogens with one attached hydrogen (secondary N) is 2. The molecule has 0 unspecified atom stereocenters. The summed E-state index contributed by atoms with van der Waals surface area (Å²) in [6.45, 7) is 6.54. The molecule has 8 heteroatoms. The van der Waals surface area contributed by atoms with E-state index in [1.165, 1.54) is 13.2 Å². The van der Waals surface area contributed by atoms with Gasteiger partial charge in [-0.05, 0) is 66.2 Å². The molecule has 0 aromatic heterocycles. The predicted molar refractivity (Wildman–Crippen MR) is 125 cm³/mol. The Balaban J connectivity index is 1.74. The molecule has 0 radical (unpaired) electrons. The van der Waals surface area contributed by atoms with Crippen molar-refractivity contribution in [3.8, 4) is 22.6 Å². The van der Waals surface area contributed by atoms with Crippen LogP contribution in [0, 0.1) is 11.7 Å². The number of methoxy groups -OCH3 is 1. The third-order valence-corrected chi connectivity index (χ3v) is 7.37. The van der Waals surface area contributed by atoms with Gasteiger partial charge in [-0.1, -0.05) is 13.8 Å². The lowest BCUT2D eigenvalue weighted by molar-refractivity contribution is 0.199. The molecule has 2 N–H and O–H groups in total. The van der Waals surface area contributed by atoms with Gasteiger partial charge in [-0.3, -0.25) is 0 Å². The molecule has 0 spiro atoms. The Morgan fingerprint density at radius 3 is 2.79 bits per heavy atom. The number of carbonyl (C=O) groups excluding carboxylic acids is 1. The third kappa shape index (κ3) is 3.40. The molecule has 3 aliphatic rings. The van der Waals surface area contributed by atoms with Gasteiger partial charge >= 0.3 is 6.03 Å². The van der Waals surface area contributed by atoms with Crippen LogP contribution in [0.15, 0.2) is 42.2 Å². The first-order chi connectivity index (χ1) is 15.8. The van der Waals surface area contributed by atoms with Gasteiger partial charge in [-0.2, -0.15) is 0 Å². The minimum Gasteiger partial charge on any atom is -0.497 e. The normalized spacial score (nSPS) is 24.3. The third-order valence-electron chi connectivity index (χ3n) is 7.37. The minimum absolute atomic E-state index is 0.195. The molecule has 0 bridgehead atoms. The fourth-order valence-corrected chi connectivity index (χ4v) is 5.08. The number of amides is 2. The second kappa shape index (κ2) is 7.95. The van der Waals surface area contributed by atoms with E-state index in [1.807, 2.05) is 11.1 Å². The quantitative estimate of drug-likeness (QED) is 0.737. The summed E-state index contributed by atoms with van der Waals surface area (Å²) in [6.07, 6.45) is 2.59. The van der Waals surface area contributed by atoms with Gasteiger partial charge in [-0.15, -0.1) is 0 Å². The standard InChI is InChI=1S/C25H29FN4O3/c1-15-12-27-8-7-25(15,2)20-11-22-23(33-14-16-13-28-24(31)29(3)30(16)22)10-19(20)18-6-5-17(32-4)9-21(18)26/h5-6,9-11,13,15,27H,7-8,12,14H2,1-4H3,(H,28,31)/t15-,25+/m0/s1. The smallest absolute Gasteiger partial charge is 0.340 e. The van der Waals surface area contributed by atoms with Gasteiger partial charge in [0.05, 0.1) is 12.8 Å². The Morgan fingerprint density at radius 2 is 2.06 bits per heavy atom. The lowest BCUT2D eigenvalue weighted by Crippen LogP contribution is -2.53. The zero-order chi connectivity index (χ0) is 23.3. The second-order valence-corrected chi connectivity index (χ2v) is 9.19. The average Bonchev–Trinajstić information content (AvgIpc) is 2.82. The van der Waals surface area contributed by atoms with Crippen LogP contribution in [-0.2, 0) is 5.41 Å². The van der Waals surface area contributed by atoms with E-state index >= 15 is 4.39 Å². The number of urea groups is 1. The summed E-state index contributed by atoms with van der Waals surface area (Å²) in [4.78, 5) is 12.4. The zero-order valence-electron chi connectivity index (χ0n) is 19.4. The van der Waals surface area contributed by atoms with Crippen LogP contribution in [0.2, 0.25) is 0 Å². The van der Waals surface area contributed by atoms with Crippen LogP contribution in [0.3, 0.4) is 0 Å². The van der Waals surface area contributed by atoms with Crippen molar-refractivity contribution < 1.29 is 18.7 Å². The number of halogens is 1. The molecule has 5 rings (SSSR count). The van der Waals surface area contributed by atoms with Crippen LogP contribution >= 0.6 is 0 Å². The molecule has 7 nitrogen and oxygen atoms in total. The van der Waals surface area contributed by atoms with Gasteiger partial charge < -0.3 is 20.1 Å². The van der Waals surface area contributed by atoms with Gasteiger partial charge in [-0.25, -0.2) is 19.2 Å². The van der Waals surface area contributed by atoms with Gasteiger partial charge in [0.1, 0.15) is 29.6 Å². The number of hydrogen-bond acceptors (Lipinski definition) is 5. The van der Waals surface area contributed by atoms with Gasteiger partial charge in [0, 0.05) is 24.9 Å². The molecule has 3 heterocycles. The number of hydrazine groups is 1. The van der Waals surface area contributed by atoms with Crippen molar-refractivity contribution in [3.63, 3.8) is 0 Å². The number of nitrogens with zero attached hydrogens (tertiary/aromatic N) is 2. The molecule has 0 saturated carbocycles. The van der Waals surface area contributed by atoms with Crippen LogP contribution in [0.25, 0.3) is 11.1 Å². The zero-order valence-corrected chi connectivity index (χ0v) is 19.4. The number of carbonyl (C=O) groups is 1. The minimum atomic E-state index is -0.341. The summed E-state index contributed by atoms with van der Waals surface area (Å²) >= 11 is 0. The van der Waals surface area contributed by atoms with E-state index < -0.39 is 0 Å². The van der Waals surface area contributed by atoms with Crippen molar-refractivity contribution in [1.82, 2.24) is 15.6 Å². The maximum Gasteiger partial charge on any atom is 0.340 e. The predicted octanol–water partition coefficient (Wildman–Crippen LogP) is 4.00. The number of ether oxygens (including phenoxy) is 2. The molecule has 2 aromatic rings. The van der Waals surface area contributed by atoms with Crippen molar-refractivity contribution >= 4 is 11.7 Å². The van der Waals surface area contributed by atoms with E-state index in [2.05, 4.69) is 30.5 Å². The highest BCUT2D eigenvalue weighted by Gasteiger charge is 2.40. The fourth-order valence-electron chi connectivity index (χ4n) is 5.08. The second-order valence-electron chi connectivity index (χ2n) is 9.19. The molecule has 2 amide bonds. The number of hydrogen-bond donors (Lipinski definition) is 2. The molecule has 2 atom stereocenters. The first-order valence-electron chi connectivity index (χ1n) is 11.2. The summed E-state index contributed by atoms with van der Waals surface area (Å²) in [5, 5.41) is 9.64. The van der Waals surface area contributed by atoms with Crippen molar-refractivity contribution in [2.45, 2.75) is 25.7 Å². The number of piperidine rings is 1. The maximum absolute atomic E-state index is 15.3. The number of rotatable bonds is 3. The molecule has 33 heavy (non-hydrogen) atoms. The van der Waals surface area contributed by atoms with E-state index in [1.54, 1.807) is 30.4 Å². The van der Waals surface area contributed by atoms with Crippen LogP contribution in [0.4, 0.5) is 14.9 Å². The fraction of sp³-hybridized carbons (Fsp3) is 0.400. The van der Waals surface area contributed by atoms with Crippen LogP contribution < -0.4 is 25.1 Å². The molecule has 0 aliphatic carbocycles. The Hall–Kier alpha value is -3.26. The largest absolute Gasteiger partial charge is 0.497 e. The van der Waals surface area contributed by atoms with E-state index in [-0.39, 0.29) is 17.3 Å². The Kier molecular flexibility index (Phi) is 5.20. The molecule has 2 aromatic carbocycles. The van der Waals surface area contributed by atoms with Gasteiger partial charge in [0.15, 0.2) is 0 Å². The molecule has 1 fully saturated rings. The number of anilines is 1. The maximum atomic E-state index is 15.3. The highest BCUT2D eigenvalue weighted by molar-refractivity contribution is 5.84. The average molecular weight is 453 g/mol. The van der Waals surface area contributed by atoms with E-state index in [9.17, 15) is 4.79 Å². The monoisotopic (exact) mass is 452 g/mol. The van der Waals surface area contributed by atoms with Crippen molar-refractivity contribution in [2.24, 2.45) is 5.92 Å². The van der Waals surface area contributed by atoms with E-state index in [0.717, 1.165) is 42.0 Å². The van der Waals surface area contributed by atoms with Crippen LogP contribution in [-0.4, -0.2) is 44.9 Å². The van der Waals surface area contributed by atoms with Crippen molar-refractivity contribution in [1.29, 1.82) is 0 Å². The van der Waals surface area contributed by atoms with E-state index in [4.69, 9.17) is 9.47 Å². The highest BCUT2D eigenvalue weighted by Crippen LogP contribution is 2.49. The molecule has 3 aliphatic heterocycles. The Morgan fingerprint density at radius 1 is 1.24 bits per heavy atom. The summed E-state index contributed by atoms with van der Waals surface area (Å²) in [6, 6.07) is 8.74. The molecular formula is C25H29FN4O3. The highest BCUT2D eigenvalue weighted by atomic mass is 19.1. The summed E-state index contributed by atoms with van der Waals surface area (Å²) in [5.41, 5.74) is 3.78. The first kappa shape index (κ1) is 21.6. The van der Waals surface area contributed by atoms with Crippen molar-refractivity contribution in [3.05, 3.63) is 53.6 Å².